The third kappa shape index (κ3) is 50.8. The second-order valence-electron chi connectivity index (χ2n) is 22.1. The predicted octanol–water partition coefficient (Wildman–Crippen LogP) is 20.3. The van der Waals surface area contributed by atoms with Gasteiger partial charge in [-0.3, -0.25) is 14.4 Å². The number of rotatable bonds is 55. The number of ether oxygens (including phenoxy) is 3. The van der Waals surface area contributed by atoms with E-state index in [1.165, 1.54) is 225 Å². The molecule has 6 heteroatoms. The van der Waals surface area contributed by atoms with Crippen molar-refractivity contribution in [1.29, 1.82) is 0 Å². The Balaban J connectivity index is 4.18. The first-order chi connectivity index (χ1) is 33.2. The molecule has 0 aromatic rings. The molecule has 0 aliphatic carbocycles. The molecule has 0 N–H and O–H groups in total. The highest BCUT2D eigenvalue weighted by Crippen LogP contribution is 2.20. The Bertz CT molecular complexity index is 1060. The largest absolute Gasteiger partial charge is 0.462 e. The number of unbranched alkanes of at least 4 members (excludes halogenated alkanes) is 35. The topological polar surface area (TPSA) is 78.9 Å². The van der Waals surface area contributed by atoms with Crippen LogP contribution in [0.2, 0.25) is 0 Å². The average Bonchev–Trinajstić information content (AvgIpc) is 3.34. The lowest BCUT2D eigenvalue weighted by Crippen LogP contribution is -2.30. The molecule has 0 saturated carbocycles. The molecule has 0 spiro atoms. The fraction of sp³-hybridized carbons (Fsp3) is 0.952. The molecule has 0 aliphatic heterocycles. The highest BCUT2D eigenvalue weighted by molar-refractivity contribution is 5.71. The summed E-state index contributed by atoms with van der Waals surface area (Å²) in [6.07, 6.45) is 56.7. The van der Waals surface area contributed by atoms with Crippen LogP contribution in [0.25, 0.3) is 0 Å². The Morgan fingerprint density at radius 2 is 0.471 bits per heavy atom. The standard InChI is InChI=1S/C62H120O6/c1-7-56(4)48-42-36-30-26-22-18-14-12-10-11-13-15-20-24-28-32-39-45-51-60(63)66-54-59(68-62(65)53-47-41-35-34-38-44-50-58(6)9-3)55-67-61(64)52-46-40-33-29-25-21-17-16-19-23-27-31-37-43-49-57(5)8-2/h56-59H,7-55H2,1-6H3/t56?,57?,58?,59-/m1/s1. The predicted molar refractivity (Wildman–Crippen MR) is 293 cm³/mol. The fourth-order valence-corrected chi connectivity index (χ4v) is 9.43. The Morgan fingerprint density at radius 1 is 0.279 bits per heavy atom. The summed E-state index contributed by atoms with van der Waals surface area (Å²) in [6, 6.07) is 0. The van der Waals surface area contributed by atoms with E-state index in [9.17, 15) is 14.4 Å². The SMILES string of the molecule is CCC(C)CCCCCCCCCCCCCCCCCCCCC(=O)OC[C@H](COC(=O)CCCCCCCCCCCCCCCCC(C)CC)OC(=O)CCCCCCCCC(C)CC. The van der Waals surface area contributed by atoms with Gasteiger partial charge in [0.05, 0.1) is 0 Å². The van der Waals surface area contributed by atoms with Gasteiger partial charge in [-0.2, -0.15) is 0 Å². The van der Waals surface area contributed by atoms with Crippen LogP contribution in [0.15, 0.2) is 0 Å². The van der Waals surface area contributed by atoms with Crippen LogP contribution in [0.1, 0.15) is 343 Å². The van der Waals surface area contributed by atoms with Gasteiger partial charge in [-0.15, -0.1) is 0 Å². The summed E-state index contributed by atoms with van der Waals surface area (Å²) in [7, 11) is 0. The average molecular weight is 962 g/mol. The second kappa shape index (κ2) is 53.2. The highest BCUT2D eigenvalue weighted by Gasteiger charge is 2.19. The number of esters is 3. The van der Waals surface area contributed by atoms with Crippen molar-refractivity contribution >= 4 is 17.9 Å². The Kier molecular flexibility index (Phi) is 52.0. The zero-order chi connectivity index (χ0) is 49.8. The lowest BCUT2D eigenvalue weighted by molar-refractivity contribution is -0.167. The van der Waals surface area contributed by atoms with Crippen molar-refractivity contribution in [3.05, 3.63) is 0 Å². The Hall–Kier alpha value is -1.59. The molecule has 0 amide bonds. The maximum Gasteiger partial charge on any atom is 0.306 e. The lowest BCUT2D eigenvalue weighted by atomic mass is 9.99. The van der Waals surface area contributed by atoms with Crippen molar-refractivity contribution < 1.29 is 28.6 Å². The minimum atomic E-state index is -0.764. The lowest BCUT2D eigenvalue weighted by Gasteiger charge is -2.18. The van der Waals surface area contributed by atoms with Crippen LogP contribution in [0.4, 0.5) is 0 Å². The first kappa shape index (κ1) is 66.4. The van der Waals surface area contributed by atoms with Crippen LogP contribution in [-0.4, -0.2) is 37.2 Å². The number of carbonyl (C=O) groups excluding carboxylic acids is 3. The Morgan fingerprint density at radius 3 is 0.691 bits per heavy atom. The summed E-state index contributed by atoms with van der Waals surface area (Å²) in [5.74, 6) is 1.77. The van der Waals surface area contributed by atoms with Gasteiger partial charge in [0.2, 0.25) is 0 Å². The quantitative estimate of drug-likeness (QED) is 0.0343. The first-order valence-electron chi connectivity index (χ1n) is 30.7. The number of hydrogen-bond acceptors (Lipinski definition) is 6. The van der Waals surface area contributed by atoms with Crippen LogP contribution in [0.5, 0.6) is 0 Å². The van der Waals surface area contributed by atoms with Gasteiger partial charge < -0.3 is 14.2 Å². The van der Waals surface area contributed by atoms with Gasteiger partial charge in [0.15, 0.2) is 6.10 Å². The van der Waals surface area contributed by atoms with Crippen molar-refractivity contribution in [2.45, 2.75) is 349 Å². The molecule has 0 fully saturated rings. The van der Waals surface area contributed by atoms with E-state index in [-0.39, 0.29) is 31.1 Å². The summed E-state index contributed by atoms with van der Waals surface area (Å²) in [5.41, 5.74) is 0. The molecule has 3 unspecified atom stereocenters. The van der Waals surface area contributed by atoms with E-state index < -0.39 is 6.10 Å². The molecule has 0 radical (unpaired) electrons. The molecule has 4 atom stereocenters. The van der Waals surface area contributed by atoms with Gasteiger partial charge in [0, 0.05) is 19.3 Å². The van der Waals surface area contributed by atoms with E-state index in [0.717, 1.165) is 75.5 Å². The first-order valence-corrected chi connectivity index (χ1v) is 30.7. The van der Waals surface area contributed by atoms with Crippen LogP contribution < -0.4 is 0 Å². The van der Waals surface area contributed by atoms with Crippen LogP contribution in [-0.2, 0) is 28.6 Å². The molecular weight excluding hydrogens is 841 g/mol. The maximum atomic E-state index is 12.8. The van der Waals surface area contributed by atoms with Crippen LogP contribution in [0.3, 0.4) is 0 Å². The van der Waals surface area contributed by atoms with Crippen molar-refractivity contribution in [3.8, 4) is 0 Å². The molecule has 68 heavy (non-hydrogen) atoms. The minimum absolute atomic E-state index is 0.0642. The fourth-order valence-electron chi connectivity index (χ4n) is 9.43. The van der Waals surface area contributed by atoms with Gasteiger partial charge in [-0.1, -0.05) is 305 Å². The van der Waals surface area contributed by atoms with E-state index in [4.69, 9.17) is 14.2 Å². The van der Waals surface area contributed by atoms with Gasteiger partial charge in [0.1, 0.15) is 13.2 Å². The van der Waals surface area contributed by atoms with Gasteiger partial charge in [0.25, 0.3) is 0 Å². The van der Waals surface area contributed by atoms with Crippen molar-refractivity contribution in [1.82, 2.24) is 0 Å². The van der Waals surface area contributed by atoms with Gasteiger partial charge >= 0.3 is 17.9 Å². The van der Waals surface area contributed by atoms with E-state index in [1.54, 1.807) is 0 Å². The molecular formula is C62H120O6. The van der Waals surface area contributed by atoms with E-state index in [1.807, 2.05) is 0 Å². The van der Waals surface area contributed by atoms with Crippen molar-refractivity contribution in [2.24, 2.45) is 17.8 Å². The molecule has 0 aromatic heterocycles. The van der Waals surface area contributed by atoms with Crippen molar-refractivity contribution in [3.63, 3.8) is 0 Å². The summed E-state index contributed by atoms with van der Waals surface area (Å²) >= 11 is 0. The molecule has 0 bridgehead atoms. The zero-order valence-corrected chi connectivity index (χ0v) is 46.9. The second-order valence-corrected chi connectivity index (χ2v) is 22.1. The van der Waals surface area contributed by atoms with E-state index >= 15 is 0 Å². The molecule has 6 nitrogen and oxygen atoms in total. The summed E-state index contributed by atoms with van der Waals surface area (Å²) in [6.45, 7) is 13.8. The summed E-state index contributed by atoms with van der Waals surface area (Å²) in [5, 5.41) is 0. The molecule has 0 saturated heterocycles. The zero-order valence-electron chi connectivity index (χ0n) is 46.9. The molecule has 404 valence electrons. The summed E-state index contributed by atoms with van der Waals surface area (Å²) < 4.78 is 16.9. The van der Waals surface area contributed by atoms with E-state index in [2.05, 4.69) is 41.5 Å². The maximum absolute atomic E-state index is 12.8. The van der Waals surface area contributed by atoms with Crippen molar-refractivity contribution in [2.75, 3.05) is 13.2 Å². The number of carbonyl (C=O) groups is 3. The smallest absolute Gasteiger partial charge is 0.306 e. The van der Waals surface area contributed by atoms with Gasteiger partial charge in [-0.25, -0.2) is 0 Å². The van der Waals surface area contributed by atoms with E-state index in [0.29, 0.717) is 19.3 Å². The monoisotopic (exact) mass is 961 g/mol. The highest BCUT2D eigenvalue weighted by atomic mass is 16.6. The normalized spacial score (nSPS) is 13.3. The van der Waals surface area contributed by atoms with Gasteiger partial charge in [-0.05, 0) is 37.0 Å². The van der Waals surface area contributed by atoms with Crippen LogP contribution in [0, 0.1) is 17.8 Å². The molecule has 0 rings (SSSR count). The summed E-state index contributed by atoms with van der Waals surface area (Å²) in [4.78, 5) is 38.2. The molecule has 0 aromatic carbocycles. The third-order valence-electron chi connectivity index (χ3n) is 15.2. The third-order valence-corrected chi connectivity index (χ3v) is 15.2. The minimum Gasteiger partial charge on any atom is -0.462 e. The van der Waals surface area contributed by atoms with Crippen LogP contribution >= 0.6 is 0 Å². The number of hydrogen-bond donors (Lipinski definition) is 0. The molecule has 0 heterocycles. The Labute approximate surface area is 425 Å². The molecule has 0 aliphatic rings.